The van der Waals surface area contributed by atoms with Crippen molar-refractivity contribution in [2.24, 2.45) is 0 Å². The Balaban J connectivity index is 1.49. The molecule has 0 saturated carbocycles. The molecule has 0 atom stereocenters. The van der Waals surface area contributed by atoms with E-state index in [1.165, 1.54) is 4.88 Å². The van der Waals surface area contributed by atoms with Gasteiger partial charge >= 0.3 is 0 Å². The van der Waals surface area contributed by atoms with E-state index in [-0.39, 0.29) is 5.91 Å². The SMILES string of the molecule is Cc1ccc(-c2cc(NC(=O)c3ccccc3SCc3c(C)noc3C)n[nH]2)s1. The molecular weight excluding hydrogens is 404 g/mol. The minimum absolute atomic E-state index is 0.188. The fourth-order valence-electron chi connectivity index (χ4n) is 2.91. The number of aryl methyl sites for hydroxylation is 3. The third kappa shape index (κ3) is 4.28. The maximum absolute atomic E-state index is 12.9. The van der Waals surface area contributed by atoms with Crippen molar-refractivity contribution < 1.29 is 9.32 Å². The molecule has 1 aromatic carbocycles. The van der Waals surface area contributed by atoms with Gasteiger partial charge in [-0.15, -0.1) is 23.1 Å². The Morgan fingerprint density at radius 3 is 2.76 bits per heavy atom. The van der Waals surface area contributed by atoms with Gasteiger partial charge in [0, 0.05) is 27.2 Å². The molecule has 0 aliphatic carbocycles. The van der Waals surface area contributed by atoms with E-state index in [0.717, 1.165) is 32.5 Å². The maximum atomic E-state index is 12.9. The first-order chi connectivity index (χ1) is 14.0. The number of aromatic nitrogens is 3. The third-order valence-corrected chi connectivity index (χ3v) is 6.64. The third-order valence-electron chi connectivity index (χ3n) is 4.51. The molecule has 3 aromatic heterocycles. The Bertz CT molecular complexity index is 1140. The first-order valence-electron chi connectivity index (χ1n) is 9.08. The molecule has 0 aliphatic heterocycles. The number of hydrogen-bond donors (Lipinski definition) is 2. The highest BCUT2D eigenvalue weighted by Gasteiger charge is 2.16. The fourth-order valence-corrected chi connectivity index (χ4v) is 4.95. The monoisotopic (exact) mass is 424 g/mol. The minimum Gasteiger partial charge on any atom is -0.361 e. The predicted octanol–water partition coefficient (Wildman–Crippen LogP) is 5.60. The van der Waals surface area contributed by atoms with Crippen molar-refractivity contribution in [2.75, 3.05) is 5.32 Å². The van der Waals surface area contributed by atoms with E-state index < -0.39 is 0 Å². The second kappa shape index (κ2) is 8.26. The number of anilines is 1. The standard InChI is InChI=1S/C21H20N4O2S2/c1-12-8-9-19(29-12)17-10-20(24-23-17)22-21(26)15-6-4-5-7-18(15)28-11-16-13(2)25-27-14(16)3/h4-10H,11H2,1-3H3,(H2,22,23,24,26). The van der Waals surface area contributed by atoms with Crippen molar-refractivity contribution in [1.82, 2.24) is 15.4 Å². The van der Waals surface area contributed by atoms with Gasteiger partial charge in [0.15, 0.2) is 5.82 Å². The molecule has 0 unspecified atom stereocenters. The maximum Gasteiger partial charge on any atom is 0.257 e. The Hall–Kier alpha value is -2.84. The van der Waals surface area contributed by atoms with Crippen LogP contribution in [0.3, 0.4) is 0 Å². The molecule has 0 saturated heterocycles. The molecule has 148 valence electrons. The van der Waals surface area contributed by atoms with Gasteiger partial charge in [0.25, 0.3) is 5.91 Å². The number of nitrogens with zero attached hydrogens (tertiary/aromatic N) is 2. The Morgan fingerprint density at radius 1 is 1.21 bits per heavy atom. The molecule has 29 heavy (non-hydrogen) atoms. The number of thioether (sulfide) groups is 1. The second-order valence-corrected chi connectivity index (χ2v) is 8.92. The van der Waals surface area contributed by atoms with Crippen LogP contribution >= 0.6 is 23.1 Å². The van der Waals surface area contributed by atoms with E-state index in [1.54, 1.807) is 23.1 Å². The summed E-state index contributed by atoms with van der Waals surface area (Å²) in [5.41, 5.74) is 3.44. The smallest absolute Gasteiger partial charge is 0.257 e. The lowest BCUT2D eigenvalue weighted by Gasteiger charge is -2.08. The van der Waals surface area contributed by atoms with Crippen molar-refractivity contribution in [3.63, 3.8) is 0 Å². The zero-order valence-electron chi connectivity index (χ0n) is 16.3. The summed E-state index contributed by atoms with van der Waals surface area (Å²) in [6.07, 6.45) is 0. The lowest BCUT2D eigenvalue weighted by molar-refractivity contribution is 0.102. The van der Waals surface area contributed by atoms with E-state index in [1.807, 2.05) is 50.2 Å². The Labute approximate surface area is 176 Å². The van der Waals surface area contributed by atoms with Crippen LogP contribution in [0.5, 0.6) is 0 Å². The summed E-state index contributed by atoms with van der Waals surface area (Å²) in [6.45, 7) is 5.89. The van der Waals surface area contributed by atoms with Crippen LogP contribution in [0.4, 0.5) is 5.82 Å². The summed E-state index contributed by atoms with van der Waals surface area (Å²) >= 11 is 3.27. The molecule has 0 fully saturated rings. The van der Waals surface area contributed by atoms with Gasteiger partial charge < -0.3 is 9.84 Å². The van der Waals surface area contributed by atoms with Gasteiger partial charge in [-0.25, -0.2) is 0 Å². The molecule has 3 heterocycles. The van der Waals surface area contributed by atoms with E-state index in [9.17, 15) is 4.79 Å². The number of rotatable bonds is 6. The second-order valence-electron chi connectivity index (χ2n) is 6.62. The van der Waals surface area contributed by atoms with Crippen LogP contribution in [0.1, 0.15) is 32.3 Å². The van der Waals surface area contributed by atoms with Crippen molar-refractivity contribution >= 4 is 34.8 Å². The molecule has 2 N–H and O–H groups in total. The van der Waals surface area contributed by atoms with Crippen LogP contribution in [0, 0.1) is 20.8 Å². The van der Waals surface area contributed by atoms with Gasteiger partial charge in [-0.1, -0.05) is 17.3 Å². The quantitative estimate of drug-likeness (QED) is 0.394. The molecule has 4 rings (SSSR count). The Morgan fingerprint density at radius 2 is 2.03 bits per heavy atom. The average molecular weight is 425 g/mol. The summed E-state index contributed by atoms with van der Waals surface area (Å²) in [4.78, 5) is 16.1. The zero-order valence-corrected chi connectivity index (χ0v) is 17.9. The fraction of sp³-hybridized carbons (Fsp3) is 0.190. The van der Waals surface area contributed by atoms with Gasteiger partial charge in [-0.05, 0) is 45.0 Å². The van der Waals surface area contributed by atoms with Gasteiger partial charge in [0.2, 0.25) is 0 Å². The van der Waals surface area contributed by atoms with Crippen molar-refractivity contribution in [1.29, 1.82) is 0 Å². The largest absolute Gasteiger partial charge is 0.361 e. The predicted molar refractivity (Wildman–Crippen MR) is 117 cm³/mol. The first kappa shape index (κ1) is 19.5. The van der Waals surface area contributed by atoms with Crippen LogP contribution in [0.25, 0.3) is 10.6 Å². The lowest BCUT2D eigenvalue weighted by Crippen LogP contribution is -2.13. The number of benzene rings is 1. The van der Waals surface area contributed by atoms with Crippen molar-refractivity contribution in [3.8, 4) is 10.6 Å². The molecule has 6 nitrogen and oxygen atoms in total. The average Bonchev–Trinajstić information content (AvgIpc) is 3.42. The van der Waals surface area contributed by atoms with Crippen LogP contribution in [0.2, 0.25) is 0 Å². The number of hydrogen-bond acceptors (Lipinski definition) is 6. The van der Waals surface area contributed by atoms with Crippen LogP contribution in [0.15, 0.2) is 51.9 Å². The summed E-state index contributed by atoms with van der Waals surface area (Å²) in [5.74, 6) is 1.81. The summed E-state index contributed by atoms with van der Waals surface area (Å²) < 4.78 is 5.23. The van der Waals surface area contributed by atoms with Crippen LogP contribution in [-0.4, -0.2) is 21.3 Å². The number of thiophene rings is 1. The topological polar surface area (TPSA) is 83.8 Å². The molecule has 0 bridgehead atoms. The number of carbonyl (C=O) groups excluding carboxylic acids is 1. The van der Waals surface area contributed by atoms with Crippen LogP contribution < -0.4 is 5.32 Å². The molecule has 0 radical (unpaired) electrons. The summed E-state index contributed by atoms with van der Waals surface area (Å²) in [5, 5.41) is 14.1. The normalized spacial score (nSPS) is 11.0. The number of amides is 1. The first-order valence-corrected chi connectivity index (χ1v) is 10.9. The minimum atomic E-state index is -0.188. The molecule has 1 amide bonds. The zero-order chi connectivity index (χ0) is 20.4. The Kier molecular flexibility index (Phi) is 5.55. The van der Waals surface area contributed by atoms with Crippen molar-refractivity contribution in [3.05, 3.63) is 69.9 Å². The molecular formula is C21H20N4O2S2. The molecule has 4 aromatic rings. The molecule has 0 aliphatic rings. The molecule has 0 spiro atoms. The van der Waals surface area contributed by atoms with Gasteiger partial charge in [-0.3, -0.25) is 9.89 Å². The number of nitrogens with one attached hydrogen (secondary N) is 2. The lowest BCUT2D eigenvalue weighted by atomic mass is 10.2. The van der Waals surface area contributed by atoms with E-state index in [2.05, 4.69) is 33.7 Å². The van der Waals surface area contributed by atoms with E-state index >= 15 is 0 Å². The highest BCUT2D eigenvalue weighted by molar-refractivity contribution is 7.98. The molecule has 8 heteroatoms. The van der Waals surface area contributed by atoms with Gasteiger partial charge in [0.1, 0.15) is 5.76 Å². The van der Waals surface area contributed by atoms with Gasteiger partial charge in [0.05, 0.1) is 21.8 Å². The highest BCUT2D eigenvalue weighted by Crippen LogP contribution is 2.30. The summed E-state index contributed by atoms with van der Waals surface area (Å²) in [6, 6.07) is 13.5. The number of carbonyl (C=O) groups is 1. The van der Waals surface area contributed by atoms with Crippen molar-refractivity contribution in [2.45, 2.75) is 31.4 Å². The van der Waals surface area contributed by atoms with E-state index in [4.69, 9.17) is 4.52 Å². The number of H-pyrrole nitrogens is 1. The van der Waals surface area contributed by atoms with E-state index in [0.29, 0.717) is 17.1 Å². The highest BCUT2D eigenvalue weighted by atomic mass is 32.2. The van der Waals surface area contributed by atoms with Crippen LogP contribution in [-0.2, 0) is 5.75 Å². The summed E-state index contributed by atoms with van der Waals surface area (Å²) in [7, 11) is 0. The van der Waals surface area contributed by atoms with Gasteiger partial charge in [-0.2, -0.15) is 5.10 Å². The number of aromatic amines is 1.